The highest BCUT2D eigenvalue weighted by atomic mass is 14.3. The molecule has 1 aliphatic carbocycles. The fourth-order valence-electron chi connectivity index (χ4n) is 2.81. The van der Waals surface area contributed by atoms with Gasteiger partial charge in [-0.15, -0.1) is 0 Å². The molecule has 0 heterocycles. The fourth-order valence-corrected chi connectivity index (χ4v) is 2.81. The Morgan fingerprint density at radius 2 is 1.72 bits per heavy atom. The normalized spacial score (nSPS) is 19.9. The Hall–Kier alpha value is -1.04. The molecule has 98 valence electrons. The number of allylic oxidation sites excluding steroid dienone is 1. The standard InChI is InChI=1S/C18H26/c1-14-9-11-18(5,12-10-14)16-8-6-7-15(13-16)17(2,3)4/h6-8,13H,1,9-12H2,2-5H3. The maximum absolute atomic E-state index is 4.13. The van der Waals surface area contributed by atoms with E-state index in [0.717, 1.165) is 0 Å². The van der Waals surface area contributed by atoms with Gasteiger partial charge in [-0.2, -0.15) is 0 Å². The molecule has 1 saturated carbocycles. The first kappa shape index (κ1) is 13.4. The Morgan fingerprint density at radius 1 is 1.11 bits per heavy atom. The monoisotopic (exact) mass is 242 g/mol. The van der Waals surface area contributed by atoms with Gasteiger partial charge in [0.15, 0.2) is 0 Å². The molecule has 0 atom stereocenters. The molecular weight excluding hydrogens is 216 g/mol. The van der Waals surface area contributed by atoms with Crippen LogP contribution in [0.25, 0.3) is 0 Å². The van der Waals surface area contributed by atoms with Crippen LogP contribution >= 0.6 is 0 Å². The van der Waals surface area contributed by atoms with Gasteiger partial charge < -0.3 is 0 Å². The molecule has 0 saturated heterocycles. The lowest BCUT2D eigenvalue weighted by Gasteiger charge is -2.36. The zero-order valence-electron chi connectivity index (χ0n) is 12.3. The molecule has 1 aromatic rings. The second kappa shape index (κ2) is 4.57. The van der Waals surface area contributed by atoms with Gasteiger partial charge in [0.05, 0.1) is 0 Å². The maximum atomic E-state index is 4.13. The third kappa shape index (κ3) is 2.68. The van der Waals surface area contributed by atoms with Crippen molar-refractivity contribution >= 4 is 0 Å². The van der Waals surface area contributed by atoms with E-state index in [-0.39, 0.29) is 5.41 Å². The van der Waals surface area contributed by atoms with Crippen molar-refractivity contribution in [2.45, 2.75) is 64.2 Å². The Labute approximate surface area is 112 Å². The third-order valence-electron chi connectivity index (χ3n) is 4.49. The molecule has 1 fully saturated rings. The molecule has 0 nitrogen and oxygen atoms in total. The highest BCUT2D eigenvalue weighted by Crippen LogP contribution is 2.41. The summed E-state index contributed by atoms with van der Waals surface area (Å²) in [5.74, 6) is 0. The molecule has 0 amide bonds. The summed E-state index contributed by atoms with van der Waals surface area (Å²) in [6.45, 7) is 13.4. The van der Waals surface area contributed by atoms with Crippen LogP contribution in [0, 0.1) is 0 Å². The summed E-state index contributed by atoms with van der Waals surface area (Å²) in [4.78, 5) is 0. The van der Waals surface area contributed by atoms with E-state index in [0.29, 0.717) is 5.41 Å². The molecule has 18 heavy (non-hydrogen) atoms. The quantitative estimate of drug-likeness (QED) is 0.581. The Balaban J connectivity index is 2.31. The lowest BCUT2D eigenvalue weighted by Crippen LogP contribution is -2.26. The van der Waals surface area contributed by atoms with Crippen molar-refractivity contribution in [3.63, 3.8) is 0 Å². The number of benzene rings is 1. The Kier molecular flexibility index (Phi) is 3.40. The minimum Gasteiger partial charge on any atom is -0.0999 e. The first-order chi connectivity index (χ1) is 8.31. The minimum absolute atomic E-state index is 0.241. The van der Waals surface area contributed by atoms with Crippen LogP contribution in [0.15, 0.2) is 36.4 Å². The van der Waals surface area contributed by atoms with E-state index in [4.69, 9.17) is 0 Å². The third-order valence-corrected chi connectivity index (χ3v) is 4.49. The number of hydrogen-bond donors (Lipinski definition) is 0. The summed E-state index contributed by atoms with van der Waals surface area (Å²) in [6.07, 6.45) is 4.88. The van der Waals surface area contributed by atoms with E-state index >= 15 is 0 Å². The predicted octanol–water partition coefficient (Wildman–Crippen LogP) is 5.37. The van der Waals surface area contributed by atoms with Crippen LogP contribution in [0.4, 0.5) is 0 Å². The lowest BCUT2D eigenvalue weighted by molar-refractivity contribution is 0.363. The van der Waals surface area contributed by atoms with Crippen LogP contribution in [0.1, 0.15) is 64.5 Å². The van der Waals surface area contributed by atoms with E-state index in [9.17, 15) is 0 Å². The molecule has 2 rings (SSSR count). The van der Waals surface area contributed by atoms with Crippen LogP contribution in [0.2, 0.25) is 0 Å². The molecule has 0 N–H and O–H groups in total. The number of hydrogen-bond acceptors (Lipinski definition) is 0. The summed E-state index contributed by atoms with van der Waals surface area (Å²) in [5.41, 5.74) is 4.99. The molecule has 1 aliphatic rings. The Bertz CT molecular complexity index is 435. The molecule has 0 bridgehead atoms. The van der Waals surface area contributed by atoms with Crippen molar-refractivity contribution in [3.8, 4) is 0 Å². The molecule has 0 aromatic heterocycles. The topological polar surface area (TPSA) is 0 Å². The molecule has 0 unspecified atom stereocenters. The van der Waals surface area contributed by atoms with E-state index in [1.165, 1.54) is 42.4 Å². The zero-order valence-corrected chi connectivity index (χ0v) is 12.3. The van der Waals surface area contributed by atoms with Crippen molar-refractivity contribution in [1.29, 1.82) is 0 Å². The molecule has 0 spiro atoms. The molecular formula is C18H26. The van der Waals surface area contributed by atoms with Crippen molar-refractivity contribution in [2.24, 2.45) is 0 Å². The fraction of sp³-hybridized carbons (Fsp3) is 0.556. The van der Waals surface area contributed by atoms with E-state index in [2.05, 4.69) is 58.5 Å². The summed E-state index contributed by atoms with van der Waals surface area (Å²) >= 11 is 0. The first-order valence-electron chi connectivity index (χ1n) is 7.09. The number of rotatable bonds is 1. The second-order valence-corrected chi connectivity index (χ2v) is 7.14. The smallest absolute Gasteiger partial charge is 0.00691 e. The highest BCUT2D eigenvalue weighted by molar-refractivity contribution is 5.34. The van der Waals surface area contributed by atoms with Gasteiger partial charge in [0.25, 0.3) is 0 Å². The van der Waals surface area contributed by atoms with Crippen LogP contribution < -0.4 is 0 Å². The largest absolute Gasteiger partial charge is 0.0999 e. The maximum Gasteiger partial charge on any atom is -0.00691 e. The first-order valence-corrected chi connectivity index (χ1v) is 7.09. The van der Waals surface area contributed by atoms with Gasteiger partial charge in [0, 0.05) is 0 Å². The average Bonchev–Trinajstić information content (AvgIpc) is 2.32. The van der Waals surface area contributed by atoms with Gasteiger partial charge in [-0.25, -0.2) is 0 Å². The van der Waals surface area contributed by atoms with E-state index in [1.807, 2.05) is 0 Å². The second-order valence-electron chi connectivity index (χ2n) is 7.14. The predicted molar refractivity (Wildman–Crippen MR) is 80.1 cm³/mol. The van der Waals surface area contributed by atoms with Crippen molar-refractivity contribution in [1.82, 2.24) is 0 Å². The van der Waals surface area contributed by atoms with Crippen LogP contribution in [-0.4, -0.2) is 0 Å². The van der Waals surface area contributed by atoms with Crippen LogP contribution in [0.5, 0.6) is 0 Å². The minimum atomic E-state index is 0.241. The van der Waals surface area contributed by atoms with Crippen molar-refractivity contribution < 1.29 is 0 Å². The van der Waals surface area contributed by atoms with Gasteiger partial charge in [-0.05, 0) is 47.6 Å². The Morgan fingerprint density at radius 3 is 2.28 bits per heavy atom. The van der Waals surface area contributed by atoms with Crippen molar-refractivity contribution in [3.05, 3.63) is 47.5 Å². The van der Waals surface area contributed by atoms with Gasteiger partial charge in [0.1, 0.15) is 0 Å². The molecule has 0 aliphatic heterocycles. The van der Waals surface area contributed by atoms with Gasteiger partial charge in [-0.1, -0.05) is 64.1 Å². The summed E-state index contributed by atoms with van der Waals surface area (Å²) in [5, 5.41) is 0. The molecule has 0 heteroatoms. The molecule has 0 radical (unpaired) electrons. The van der Waals surface area contributed by atoms with Crippen LogP contribution in [0.3, 0.4) is 0 Å². The summed E-state index contributed by atoms with van der Waals surface area (Å²) in [7, 11) is 0. The van der Waals surface area contributed by atoms with E-state index in [1.54, 1.807) is 0 Å². The van der Waals surface area contributed by atoms with Gasteiger partial charge in [-0.3, -0.25) is 0 Å². The highest BCUT2D eigenvalue weighted by Gasteiger charge is 2.30. The average molecular weight is 242 g/mol. The summed E-state index contributed by atoms with van der Waals surface area (Å²) in [6, 6.07) is 9.22. The van der Waals surface area contributed by atoms with Gasteiger partial charge in [0.2, 0.25) is 0 Å². The molecule has 1 aromatic carbocycles. The van der Waals surface area contributed by atoms with Crippen LogP contribution in [-0.2, 0) is 10.8 Å². The zero-order chi connectivity index (χ0) is 13.4. The van der Waals surface area contributed by atoms with E-state index < -0.39 is 0 Å². The SMILES string of the molecule is C=C1CCC(C)(c2cccc(C(C)(C)C)c2)CC1. The lowest BCUT2D eigenvalue weighted by atomic mass is 9.69. The summed E-state index contributed by atoms with van der Waals surface area (Å²) < 4.78 is 0. The van der Waals surface area contributed by atoms with Gasteiger partial charge >= 0.3 is 0 Å². The van der Waals surface area contributed by atoms with Crippen molar-refractivity contribution in [2.75, 3.05) is 0 Å².